The fourth-order valence-corrected chi connectivity index (χ4v) is 1.94. The lowest BCUT2D eigenvalue weighted by Crippen LogP contribution is -2.49. The van der Waals surface area contributed by atoms with Gasteiger partial charge in [-0.05, 0) is 31.9 Å². The van der Waals surface area contributed by atoms with Crippen LogP contribution in [0.15, 0.2) is 24.5 Å². The first-order chi connectivity index (χ1) is 6.77. The van der Waals surface area contributed by atoms with Gasteiger partial charge in [0.15, 0.2) is 0 Å². The van der Waals surface area contributed by atoms with Crippen molar-refractivity contribution in [2.75, 3.05) is 11.4 Å². The van der Waals surface area contributed by atoms with Crippen molar-refractivity contribution in [1.29, 1.82) is 0 Å². The van der Waals surface area contributed by atoms with Crippen LogP contribution in [0.2, 0.25) is 0 Å². The zero-order valence-electron chi connectivity index (χ0n) is 8.43. The van der Waals surface area contributed by atoms with E-state index in [0.29, 0.717) is 6.04 Å². The van der Waals surface area contributed by atoms with Gasteiger partial charge in [-0.3, -0.25) is 4.98 Å². The molecule has 0 radical (unpaired) electrons. The summed E-state index contributed by atoms with van der Waals surface area (Å²) < 4.78 is 0. The summed E-state index contributed by atoms with van der Waals surface area (Å²) >= 11 is 0. The standard InChI is InChI=1S/C11H16N2O/c1-9(14)7-10-4-6-13(10)11-3-2-5-12-8-11/h2-3,5,8-10,14H,4,6-7H2,1H3. The molecular formula is C11H16N2O. The van der Waals surface area contributed by atoms with Crippen LogP contribution in [0.4, 0.5) is 5.69 Å². The van der Waals surface area contributed by atoms with Gasteiger partial charge >= 0.3 is 0 Å². The van der Waals surface area contributed by atoms with E-state index in [1.807, 2.05) is 19.2 Å². The highest BCUT2D eigenvalue weighted by Gasteiger charge is 2.28. The van der Waals surface area contributed by atoms with Crippen molar-refractivity contribution in [3.8, 4) is 0 Å². The Morgan fingerprint density at radius 2 is 2.57 bits per heavy atom. The second-order valence-electron chi connectivity index (χ2n) is 3.93. The molecule has 0 bridgehead atoms. The molecule has 76 valence electrons. The molecule has 0 amide bonds. The average molecular weight is 192 g/mol. The van der Waals surface area contributed by atoms with Crippen LogP contribution in [0, 0.1) is 0 Å². The molecule has 0 spiro atoms. The van der Waals surface area contributed by atoms with Gasteiger partial charge in [0.1, 0.15) is 0 Å². The minimum absolute atomic E-state index is 0.209. The normalized spacial score (nSPS) is 23.0. The topological polar surface area (TPSA) is 36.4 Å². The molecule has 1 aliphatic heterocycles. The van der Waals surface area contributed by atoms with E-state index in [4.69, 9.17) is 0 Å². The van der Waals surface area contributed by atoms with Crippen molar-refractivity contribution in [3.05, 3.63) is 24.5 Å². The van der Waals surface area contributed by atoms with Crippen LogP contribution in [0.5, 0.6) is 0 Å². The molecule has 1 aromatic rings. The smallest absolute Gasteiger partial charge is 0.0555 e. The quantitative estimate of drug-likeness (QED) is 0.787. The molecule has 2 unspecified atom stereocenters. The number of aromatic nitrogens is 1. The number of aliphatic hydroxyl groups is 1. The van der Waals surface area contributed by atoms with Gasteiger partial charge in [-0.25, -0.2) is 0 Å². The highest BCUT2D eigenvalue weighted by molar-refractivity contribution is 5.47. The van der Waals surface area contributed by atoms with E-state index >= 15 is 0 Å². The van der Waals surface area contributed by atoms with Crippen LogP contribution in [0.1, 0.15) is 19.8 Å². The fraction of sp³-hybridized carbons (Fsp3) is 0.545. The van der Waals surface area contributed by atoms with Gasteiger partial charge in [0.25, 0.3) is 0 Å². The SMILES string of the molecule is CC(O)CC1CCN1c1cccnc1. The zero-order chi connectivity index (χ0) is 9.97. The lowest BCUT2D eigenvalue weighted by molar-refractivity contribution is 0.162. The second kappa shape index (κ2) is 3.96. The van der Waals surface area contributed by atoms with Gasteiger partial charge in [0.2, 0.25) is 0 Å². The van der Waals surface area contributed by atoms with Gasteiger partial charge < -0.3 is 10.0 Å². The molecule has 0 aromatic carbocycles. The summed E-state index contributed by atoms with van der Waals surface area (Å²) in [7, 11) is 0. The molecule has 1 saturated heterocycles. The Balaban J connectivity index is 2.00. The van der Waals surface area contributed by atoms with Crippen molar-refractivity contribution in [1.82, 2.24) is 4.98 Å². The summed E-state index contributed by atoms with van der Waals surface area (Å²) in [5.41, 5.74) is 1.17. The average Bonchev–Trinajstić information content (AvgIpc) is 2.14. The minimum atomic E-state index is -0.209. The van der Waals surface area contributed by atoms with E-state index in [-0.39, 0.29) is 6.10 Å². The maximum Gasteiger partial charge on any atom is 0.0555 e. The molecule has 1 aromatic heterocycles. The number of aliphatic hydroxyl groups excluding tert-OH is 1. The minimum Gasteiger partial charge on any atom is -0.393 e. The highest BCUT2D eigenvalue weighted by Crippen LogP contribution is 2.28. The monoisotopic (exact) mass is 192 g/mol. The Morgan fingerprint density at radius 3 is 3.07 bits per heavy atom. The Morgan fingerprint density at radius 1 is 1.71 bits per heavy atom. The van der Waals surface area contributed by atoms with Crippen LogP contribution >= 0.6 is 0 Å². The van der Waals surface area contributed by atoms with Gasteiger partial charge in [0, 0.05) is 18.8 Å². The van der Waals surface area contributed by atoms with Crippen LogP contribution in [-0.2, 0) is 0 Å². The van der Waals surface area contributed by atoms with Crippen LogP contribution in [0.25, 0.3) is 0 Å². The maximum absolute atomic E-state index is 9.31. The highest BCUT2D eigenvalue weighted by atomic mass is 16.3. The summed E-state index contributed by atoms with van der Waals surface area (Å²) in [6, 6.07) is 4.52. The van der Waals surface area contributed by atoms with Crippen molar-refractivity contribution < 1.29 is 5.11 Å². The van der Waals surface area contributed by atoms with E-state index < -0.39 is 0 Å². The number of nitrogens with zero attached hydrogens (tertiary/aromatic N) is 2. The first kappa shape index (κ1) is 9.46. The number of anilines is 1. The molecule has 0 aliphatic carbocycles. The Labute approximate surface area is 84.4 Å². The van der Waals surface area contributed by atoms with E-state index in [1.165, 1.54) is 12.1 Å². The number of hydrogen-bond donors (Lipinski definition) is 1. The lowest BCUT2D eigenvalue weighted by Gasteiger charge is -2.43. The zero-order valence-corrected chi connectivity index (χ0v) is 8.43. The predicted molar refractivity (Wildman–Crippen MR) is 56.3 cm³/mol. The molecule has 2 rings (SSSR count). The number of rotatable bonds is 3. The van der Waals surface area contributed by atoms with E-state index in [9.17, 15) is 5.11 Å². The van der Waals surface area contributed by atoms with Crippen molar-refractivity contribution in [2.45, 2.75) is 31.9 Å². The summed E-state index contributed by atoms with van der Waals surface area (Å²) in [6.45, 7) is 2.93. The summed E-state index contributed by atoms with van der Waals surface area (Å²) in [4.78, 5) is 6.40. The number of hydrogen-bond acceptors (Lipinski definition) is 3. The molecule has 14 heavy (non-hydrogen) atoms. The summed E-state index contributed by atoms with van der Waals surface area (Å²) in [5.74, 6) is 0. The van der Waals surface area contributed by atoms with Crippen molar-refractivity contribution in [2.24, 2.45) is 0 Å². The largest absolute Gasteiger partial charge is 0.393 e. The van der Waals surface area contributed by atoms with Gasteiger partial charge in [0.05, 0.1) is 18.0 Å². The third kappa shape index (κ3) is 1.87. The summed E-state index contributed by atoms with van der Waals surface area (Å²) in [6.07, 6.45) is 5.50. The Hall–Kier alpha value is -1.09. The first-order valence-electron chi connectivity index (χ1n) is 5.12. The summed E-state index contributed by atoms with van der Waals surface area (Å²) in [5, 5.41) is 9.31. The molecule has 1 N–H and O–H groups in total. The first-order valence-corrected chi connectivity index (χ1v) is 5.12. The van der Waals surface area contributed by atoms with Crippen molar-refractivity contribution >= 4 is 5.69 Å². The molecular weight excluding hydrogens is 176 g/mol. The molecule has 3 heteroatoms. The third-order valence-electron chi connectivity index (χ3n) is 2.73. The molecule has 3 nitrogen and oxygen atoms in total. The second-order valence-corrected chi connectivity index (χ2v) is 3.93. The molecule has 1 fully saturated rings. The van der Waals surface area contributed by atoms with Gasteiger partial charge in [-0.15, -0.1) is 0 Å². The fourth-order valence-electron chi connectivity index (χ4n) is 1.94. The Kier molecular flexibility index (Phi) is 2.68. The van der Waals surface area contributed by atoms with Gasteiger partial charge in [-0.2, -0.15) is 0 Å². The van der Waals surface area contributed by atoms with Gasteiger partial charge in [-0.1, -0.05) is 0 Å². The third-order valence-corrected chi connectivity index (χ3v) is 2.73. The lowest BCUT2D eigenvalue weighted by atomic mass is 9.96. The van der Waals surface area contributed by atoms with Crippen molar-refractivity contribution in [3.63, 3.8) is 0 Å². The van der Waals surface area contributed by atoms with Crippen LogP contribution < -0.4 is 4.90 Å². The molecule has 2 atom stereocenters. The predicted octanol–water partition coefficient (Wildman–Crippen LogP) is 1.43. The van der Waals surface area contributed by atoms with E-state index in [1.54, 1.807) is 6.20 Å². The van der Waals surface area contributed by atoms with Crippen LogP contribution in [0.3, 0.4) is 0 Å². The molecule has 1 aliphatic rings. The Bertz CT molecular complexity index is 287. The maximum atomic E-state index is 9.31. The molecule has 0 saturated carbocycles. The van der Waals surface area contributed by atoms with E-state index in [0.717, 1.165) is 13.0 Å². The molecule has 2 heterocycles. The van der Waals surface area contributed by atoms with Crippen LogP contribution in [-0.4, -0.2) is 28.8 Å². The number of pyridine rings is 1. The van der Waals surface area contributed by atoms with E-state index in [2.05, 4.69) is 16.0 Å².